The summed E-state index contributed by atoms with van der Waals surface area (Å²) in [6.07, 6.45) is 7.34. The summed E-state index contributed by atoms with van der Waals surface area (Å²) in [6.45, 7) is 1.87. The average molecular weight is 396 g/mol. The molecule has 0 unspecified atom stereocenters. The van der Waals surface area contributed by atoms with Crippen LogP contribution in [-0.2, 0) is 17.1 Å². The van der Waals surface area contributed by atoms with Gasteiger partial charge in [0.15, 0.2) is 5.16 Å². The van der Waals surface area contributed by atoms with Crippen LogP contribution >= 0.6 is 11.8 Å². The number of aromatic nitrogens is 2. The van der Waals surface area contributed by atoms with Crippen molar-refractivity contribution in [3.05, 3.63) is 36.2 Å². The number of benzene rings is 1. The van der Waals surface area contributed by atoms with Gasteiger partial charge in [0.05, 0.1) is 7.11 Å². The number of rotatable bonds is 6. The minimum absolute atomic E-state index is 0.0385. The van der Waals surface area contributed by atoms with Gasteiger partial charge in [-0.05, 0) is 50.3 Å². The van der Waals surface area contributed by atoms with Gasteiger partial charge in [-0.1, -0.05) is 17.8 Å². The Balaban J connectivity index is 1.62. The number of hydrogen-bond acceptors (Lipinski definition) is 5. The highest BCUT2D eigenvalue weighted by Gasteiger charge is 2.28. The van der Waals surface area contributed by atoms with Crippen LogP contribution in [0.15, 0.2) is 40.6 Å². The molecule has 1 fully saturated rings. The van der Waals surface area contributed by atoms with Crippen molar-refractivity contribution in [3.63, 3.8) is 0 Å². The molecule has 142 valence electrons. The van der Waals surface area contributed by atoms with Crippen molar-refractivity contribution in [1.29, 1.82) is 0 Å². The van der Waals surface area contributed by atoms with E-state index in [1.807, 2.05) is 30.8 Å². The molecule has 26 heavy (non-hydrogen) atoms. The van der Waals surface area contributed by atoms with Crippen LogP contribution in [0, 0.1) is 6.92 Å². The van der Waals surface area contributed by atoms with Crippen LogP contribution in [0.25, 0.3) is 0 Å². The van der Waals surface area contributed by atoms with E-state index in [4.69, 9.17) is 4.74 Å². The van der Waals surface area contributed by atoms with Crippen molar-refractivity contribution in [2.75, 3.05) is 7.11 Å². The van der Waals surface area contributed by atoms with Crippen LogP contribution < -0.4 is 9.46 Å². The fourth-order valence-corrected chi connectivity index (χ4v) is 5.90. The Bertz CT molecular complexity index is 856. The largest absolute Gasteiger partial charge is 0.495 e. The number of hydrogen-bond donors (Lipinski definition) is 1. The third-order valence-corrected chi connectivity index (χ3v) is 7.60. The Morgan fingerprint density at radius 2 is 2.00 bits per heavy atom. The second kappa shape index (κ2) is 8.02. The molecule has 8 heteroatoms. The Morgan fingerprint density at radius 3 is 2.62 bits per heavy atom. The summed E-state index contributed by atoms with van der Waals surface area (Å²) in [6, 6.07) is 5.16. The van der Waals surface area contributed by atoms with Gasteiger partial charge < -0.3 is 9.30 Å². The predicted molar refractivity (Wildman–Crippen MR) is 103 cm³/mol. The normalized spacial score (nSPS) is 20.9. The summed E-state index contributed by atoms with van der Waals surface area (Å²) in [5.74, 6) is 0.377. The van der Waals surface area contributed by atoms with Crippen molar-refractivity contribution in [1.82, 2.24) is 14.3 Å². The van der Waals surface area contributed by atoms with E-state index in [1.54, 1.807) is 30.1 Å². The molecule has 1 aliphatic carbocycles. The zero-order valence-corrected chi connectivity index (χ0v) is 16.9. The molecular weight excluding hydrogens is 370 g/mol. The van der Waals surface area contributed by atoms with Crippen molar-refractivity contribution in [3.8, 4) is 5.75 Å². The zero-order valence-electron chi connectivity index (χ0n) is 15.3. The predicted octanol–water partition coefficient (Wildman–Crippen LogP) is 3.12. The number of aryl methyl sites for hydroxylation is 2. The minimum Gasteiger partial charge on any atom is -0.495 e. The van der Waals surface area contributed by atoms with Crippen molar-refractivity contribution < 1.29 is 13.2 Å². The number of methoxy groups -OCH3 is 1. The van der Waals surface area contributed by atoms with Crippen LogP contribution in [0.3, 0.4) is 0 Å². The van der Waals surface area contributed by atoms with Gasteiger partial charge >= 0.3 is 0 Å². The maximum atomic E-state index is 12.8. The summed E-state index contributed by atoms with van der Waals surface area (Å²) in [5, 5.41) is 1.49. The number of thioether (sulfide) groups is 1. The molecule has 0 saturated heterocycles. The van der Waals surface area contributed by atoms with E-state index in [0.29, 0.717) is 11.0 Å². The second-order valence-electron chi connectivity index (χ2n) is 6.69. The first-order valence-corrected chi connectivity index (χ1v) is 11.1. The topological polar surface area (TPSA) is 73.2 Å². The Morgan fingerprint density at radius 1 is 1.27 bits per heavy atom. The molecular formula is C18H25N3O3S2. The standard InChI is InChI=1S/C18H25N3O3S2/c1-13-4-9-16(24-3)17(12-13)26(22,23)20-14-5-7-15(8-6-14)25-18-19-10-11-21(18)2/h4,9-12,14-15,20H,5-8H2,1-3H3. The smallest absolute Gasteiger partial charge is 0.244 e. The molecule has 0 spiro atoms. The molecule has 1 saturated carbocycles. The van der Waals surface area contributed by atoms with Gasteiger partial charge in [-0.3, -0.25) is 0 Å². The van der Waals surface area contributed by atoms with Crippen LogP contribution in [0.4, 0.5) is 0 Å². The Hall–Kier alpha value is -1.51. The first-order chi connectivity index (χ1) is 12.4. The molecule has 0 radical (unpaired) electrons. The number of ether oxygens (including phenoxy) is 1. The van der Waals surface area contributed by atoms with E-state index in [1.165, 1.54) is 7.11 Å². The van der Waals surface area contributed by atoms with Gasteiger partial charge in [-0.15, -0.1) is 0 Å². The van der Waals surface area contributed by atoms with Crippen LogP contribution in [0.2, 0.25) is 0 Å². The van der Waals surface area contributed by atoms with Gasteiger partial charge in [-0.2, -0.15) is 0 Å². The number of imidazole rings is 1. The summed E-state index contributed by atoms with van der Waals surface area (Å²) < 4.78 is 35.7. The van der Waals surface area contributed by atoms with Gasteiger partial charge in [0, 0.05) is 30.7 Å². The van der Waals surface area contributed by atoms with E-state index in [9.17, 15) is 8.42 Å². The fraction of sp³-hybridized carbons (Fsp3) is 0.500. The van der Waals surface area contributed by atoms with Gasteiger partial charge in [-0.25, -0.2) is 18.1 Å². The Labute approximate surface area is 159 Å². The molecule has 1 heterocycles. The highest BCUT2D eigenvalue weighted by atomic mass is 32.2. The molecule has 1 N–H and O–H groups in total. The molecule has 3 rings (SSSR count). The maximum Gasteiger partial charge on any atom is 0.244 e. The molecule has 6 nitrogen and oxygen atoms in total. The van der Waals surface area contributed by atoms with Gasteiger partial charge in [0.1, 0.15) is 10.6 Å². The lowest BCUT2D eigenvalue weighted by atomic mass is 9.96. The van der Waals surface area contributed by atoms with E-state index in [-0.39, 0.29) is 10.9 Å². The number of sulfonamides is 1. The lowest BCUT2D eigenvalue weighted by Gasteiger charge is -2.28. The zero-order chi connectivity index (χ0) is 18.7. The van der Waals surface area contributed by atoms with Gasteiger partial charge in [0.25, 0.3) is 0 Å². The first kappa shape index (κ1) is 19.3. The van der Waals surface area contributed by atoms with Crippen LogP contribution in [0.1, 0.15) is 31.2 Å². The van der Waals surface area contributed by atoms with Crippen molar-refractivity contribution in [2.45, 2.75) is 54.0 Å². The first-order valence-electron chi connectivity index (χ1n) is 8.70. The highest BCUT2D eigenvalue weighted by molar-refractivity contribution is 7.99. The molecule has 0 bridgehead atoms. The number of nitrogens with one attached hydrogen (secondary N) is 1. The summed E-state index contributed by atoms with van der Waals surface area (Å²) in [7, 11) is -0.117. The summed E-state index contributed by atoms with van der Waals surface area (Å²) in [4.78, 5) is 4.57. The molecule has 2 aromatic rings. The lowest BCUT2D eigenvalue weighted by Crippen LogP contribution is -2.38. The molecule has 1 aliphatic rings. The summed E-state index contributed by atoms with van der Waals surface area (Å²) >= 11 is 1.78. The van der Waals surface area contributed by atoms with Crippen LogP contribution in [0.5, 0.6) is 5.75 Å². The molecule has 0 aliphatic heterocycles. The van der Waals surface area contributed by atoms with E-state index in [2.05, 4.69) is 9.71 Å². The third-order valence-electron chi connectivity index (χ3n) is 4.65. The fourth-order valence-electron chi connectivity index (χ4n) is 3.19. The monoisotopic (exact) mass is 395 g/mol. The second-order valence-corrected chi connectivity index (χ2v) is 9.64. The lowest BCUT2D eigenvalue weighted by molar-refractivity contribution is 0.398. The van der Waals surface area contributed by atoms with E-state index in [0.717, 1.165) is 36.4 Å². The quantitative estimate of drug-likeness (QED) is 0.813. The van der Waals surface area contributed by atoms with Crippen molar-refractivity contribution >= 4 is 21.8 Å². The molecule has 0 atom stereocenters. The average Bonchev–Trinajstić information content (AvgIpc) is 3.01. The molecule has 1 aromatic heterocycles. The Kier molecular flexibility index (Phi) is 5.94. The number of nitrogens with zero attached hydrogens (tertiary/aromatic N) is 2. The third kappa shape index (κ3) is 4.42. The van der Waals surface area contributed by atoms with Gasteiger partial charge in [0.2, 0.25) is 10.0 Å². The SMILES string of the molecule is COc1ccc(C)cc1S(=O)(=O)NC1CCC(Sc2nccn2C)CC1. The summed E-state index contributed by atoms with van der Waals surface area (Å²) in [5.41, 5.74) is 0.890. The van der Waals surface area contributed by atoms with Crippen molar-refractivity contribution in [2.24, 2.45) is 7.05 Å². The minimum atomic E-state index is -3.60. The van der Waals surface area contributed by atoms with E-state index < -0.39 is 10.0 Å². The molecule has 1 aromatic carbocycles. The molecule has 0 amide bonds. The van der Waals surface area contributed by atoms with E-state index >= 15 is 0 Å². The maximum absolute atomic E-state index is 12.8. The van der Waals surface area contributed by atoms with Crippen LogP contribution in [-0.4, -0.2) is 36.4 Å². The highest BCUT2D eigenvalue weighted by Crippen LogP contribution is 2.33.